The van der Waals surface area contributed by atoms with Gasteiger partial charge in [0.1, 0.15) is 5.56 Å². The first-order valence-corrected chi connectivity index (χ1v) is 5.91. The van der Waals surface area contributed by atoms with Crippen molar-refractivity contribution in [3.05, 3.63) is 33.7 Å². The maximum absolute atomic E-state index is 12.3. The highest BCUT2D eigenvalue weighted by molar-refractivity contribution is 5.94. The molecule has 1 fully saturated rings. The van der Waals surface area contributed by atoms with Gasteiger partial charge in [-0.1, -0.05) is 0 Å². The van der Waals surface area contributed by atoms with Gasteiger partial charge in [-0.05, 0) is 6.92 Å². The lowest BCUT2D eigenvalue weighted by Crippen LogP contribution is -2.52. The number of carbonyl (C=O) groups excluding carboxylic acids is 1. The number of rotatable bonds is 2. The summed E-state index contributed by atoms with van der Waals surface area (Å²) in [6.45, 7) is 3.47. The van der Waals surface area contributed by atoms with Crippen LogP contribution in [0, 0.1) is 6.92 Å². The lowest BCUT2D eigenvalue weighted by Gasteiger charge is -2.34. The number of nitrogens with two attached hydrogens (primary N) is 1. The Bertz CT molecular complexity index is 498. The number of aryl methyl sites for hydroxylation is 1. The zero-order valence-electron chi connectivity index (χ0n) is 10.3. The molecule has 1 aliphatic heterocycles. The molecule has 2 rings (SSSR count). The first kappa shape index (κ1) is 12.8. The van der Waals surface area contributed by atoms with Gasteiger partial charge in [-0.2, -0.15) is 0 Å². The number of hydrogen-bond donors (Lipinski definition) is 2. The number of carbonyl (C=O) groups is 1. The third kappa shape index (κ3) is 2.44. The molecule has 1 atom stereocenters. The summed E-state index contributed by atoms with van der Waals surface area (Å²) in [5.41, 5.74) is 6.23. The smallest absolute Gasteiger partial charge is 0.259 e. The summed E-state index contributed by atoms with van der Waals surface area (Å²) in [5.74, 6) is -0.282. The van der Waals surface area contributed by atoms with Crippen LogP contribution in [-0.4, -0.2) is 48.1 Å². The fraction of sp³-hybridized carbons (Fsp3) is 0.500. The molecule has 6 heteroatoms. The van der Waals surface area contributed by atoms with Gasteiger partial charge < -0.3 is 20.4 Å². The number of hydrogen-bond acceptors (Lipinski definition) is 4. The molecule has 98 valence electrons. The predicted molar refractivity (Wildman–Crippen MR) is 66.5 cm³/mol. The number of aromatic nitrogens is 1. The molecule has 0 aliphatic carbocycles. The van der Waals surface area contributed by atoms with Crippen molar-refractivity contribution in [3.63, 3.8) is 0 Å². The Kier molecular flexibility index (Phi) is 3.78. The fourth-order valence-corrected chi connectivity index (χ4v) is 2.01. The lowest BCUT2D eigenvalue weighted by molar-refractivity contribution is 0.000746. The standard InChI is InChI=1S/C12H17N3O3/c1-8-4-11(16)10(6-14-8)12(17)15-2-3-18-7-9(15)5-13/h4,6,9H,2-3,5,7,13H2,1H3,(H,14,16). The van der Waals surface area contributed by atoms with Crippen molar-refractivity contribution in [1.29, 1.82) is 0 Å². The monoisotopic (exact) mass is 251 g/mol. The molecule has 0 saturated carbocycles. The van der Waals surface area contributed by atoms with Gasteiger partial charge in [0, 0.05) is 31.0 Å². The second kappa shape index (κ2) is 5.32. The molecule has 1 aliphatic rings. The maximum Gasteiger partial charge on any atom is 0.259 e. The van der Waals surface area contributed by atoms with E-state index in [1.807, 2.05) is 0 Å². The van der Waals surface area contributed by atoms with E-state index in [1.54, 1.807) is 11.8 Å². The number of morpholine rings is 1. The first-order valence-electron chi connectivity index (χ1n) is 5.91. The van der Waals surface area contributed by atoms with Gasteiger partial charge in [0.2, 0.25) is 0 Å². The third-order valence-corrected chi connectivity index (χ3v) is 3.05. The number of H-pyrrole nitrogens is 1. The van der Waals surface area contributed by atoms with E-state index in [2.05, 4.69) is 4.98 Å². The number of pyridine rings is 1. The molecule has 1 amide bonds. The van der Waals surface area contributed by atoms with E-state index in [4.69, 9.17) is 10.5 Å². The summed E-state index contributed by atoms with van der Waals surface area (Å²) in [6, 6.07) is 1.26. The number of nitrogens with zero attached hydrogens (tertiary/aromatic N) is 1. The first-order chi connectivity index (χ1) is 8.63. The predicted octanol–water partition coefficient (Wildman–Crippen LogP) is -0.517. The molecule has 1 unspecified atom stereocenters. The van der Waals surface area contributed by atoms with E-state index < -0.39 is 0 Å². The summed E-state index contributed by atoms with van der Waals surface area (Å²) in [4.78, 5) is 28.6. The van der Waals surface area contributed by atoms with Crippen LogP contribution in [-0.2, 0) is 4.74 Å². The van der Waals surface area contributed by atoms with E-state index in [-0.39, 0.29) is 22.9 Å². The molecule has 1 aromatic rings. The number of ether oxygens (including phenoxy) is 1. The van der Waals surface area contributed by atoms with Crippen LogP contribution in [0.2, 0.25) is 0 Å². The summed E-state index contributed by atoms with van der Waals surface area (Å²) in [6.07, 6.45) is 1.46. The molecular weight excluding hydrogens is 234 g/mol. The van der Waals surface area contributed by atoms with Crippen LogP contribution in [0.1, 0.15) is 16.1 Å². The van der Waals surface area contributed by atoms with Gasteiger partial charge in [-0.15, -0.1) is 0 Å². The van der Waals surface area contributed by atoms with Gasteiger partial charge in [0.25, 0.3) is 5.91 Å². The van der Waals surface area contributed by atoms with Crippen LogP contribution >= 0.6 is 0 Å². The second-order valence-electron chi connectivity index (χ2n) is 4.36. The Hall–Kier alpha value is -1.66. The van der Waals surface area contributed by atoms with E-state index in [0.29, 0.717) is 26.3 Å². The molecule has 0 bridgehead atoms. The van der Waals surface area contributed by atoms with E-state index in [0.717, 1.165) is 5.69 Å². The zero-order chi connectivity index (χ0) is 13.1. The molecule has 0 aromatic carbocycles. The Morgan fingerprint density at radius 3 is 3.11 bits per heavy atom. The van der Waals surface area contributed by atoms with Crippen molar-refractivity contribution in [2.45, 2.75) is 13.0 Å². The lowest BCUT2D eigenvalue weighted by atomic mass is 10.1. The zero-order valence-corrected chi connectivity index (χ0v) is 10.3. The van der Waals surface area contributed by atoms with Crippen LogP contribution in [0.4, 0.5) is 0 Å². The SMILES string of the molecule is Cc1cc(=O)c(C(=O)N2CCOCC2CN)c[nH]1. The highest BCUT2D eigenvalue weighted by atomic mass is 16.5. The molecular formula is C12H17N3O3. The Labute approximate surface area is 105 Å². The van der Waals surface area contributed by atoms with Crippen LogP contribution in [0.3, 0.4) is 0 Å². The molecule has 2 heterocycles. The van der Waals surface area contributed by atoms with E-state index >= 15 is 0 Å². The van der Waals surface area contributed by atoms with Crippen molar-refractivity contribution in [2.24, 2.45) is 5.73 Å². The highest BCUT2D eigenvalue weighted by Crippen LogP contribution is 2.09. The summed E-state index contributed by atoms with van der Waals surface area (Å²) in [7, 11) is 0. The van der Waals surface area contributed by atoms with E-state index in [1.165, 1.54) is 12.3 Å². The topological polar surface area (TPSA) is 88.4 Å². The van der Waals surface area contributed by atoms with Gasteiger partial charge in [-0.25, -0.2) is 0 Å². The van der Waals surface area contributed by atoms with Gasteiger partial charge >= 0.3 is 0 Å². The average molecular weight is 251 g/mol. The van der Waals surface area contributed by atoms with Crippen molar-refractivity contribution < 1.29 is 9.53 Å². The molecule has 1 aromatic heterocycles. The van der Waals surface area contributed by atoms with E-state index in [9.17, 15) is 9.59 Å². The minimum Gasteiger partial charge on any atom is -0.377 e. The average Bonchev–Trinajstić information content (AvgIpc) is 2.38. The van der Waals surface area contributed by atoms with Crippen molar-refractivity contribution in [3.8, 4) is 0 Å². The highest BCUT2D eigenvalue weighted by Gasteiger charge is 2.28. The molecule has 18 heavy (non-hydrogen) atoms. The largest absolute Gasteiger partial charge is 0.377 e. The third-order valence-electron chi connectivity index (χ3n) is 3.05. The minimum atomic E-state index is -0.282. The van der Waals surface area contributed by atoms with Crippen molar-refractivity contribution in [1.82, 2.24) is 9.88 Å². The van der Waals surface area contributed by atoms with Crippen molar-refractivity contribution >= 4 is 5.91 Å². The van der Waals surface area contributed by atoms with Crippen LogP contribution in [0.25, 0.3) is 0 Å². The molecule has 3 N–H and O–H groups in total. The van der Waals surface area contributed by atoms with Crippen molar-refractivity contribution in [2.75, 3.05) is 26.3 Å². The fourth-order valence-electron chi connectivity index (χ4n) is 2.01. The van der Waals surface area contributed by atoms with Gasteiger partial charge in [-0.3, -0.25) is 9.59 Å². The summed E-state index contributed by atoms with van der Waals surface area (Å²) >= 11 is 0. The quantitative estimate of drug-likeness (QED) is 0.740. The number of aromatic amines is 1. The number of amides is 1. The Morgan fingerprint density at radius 1 is 1.67 bits per heavy atom. The Morgan fingerprint density at radius 2 is 2.44 bits per heavy atom. The summed E-state index contributed by atoms with van der Waals surface area (Å²) < 4.78 is 5.28. The normalized spacial score (nSPS) is 19.9. The molecule has 0 spiro atoms. The van der Waals surface area contributed by atoms with Crippen LogP contribution in [0.15, 0.2) is 17.1 Å². The van der Waals surface area contributed by atoms with Gasteiger partial charge in [0.05, 0.1) is 19.3 Å². The second-order valence-corrected chi connectivity index (χ2v) is 4.36. The van der Waals surface area contributed by atoms with Crippen LogP contribution in [0.5, 0.6) is 0 Å². The molecule has 6 nitrogen and oxygen atoms in total. The minimum absolute atomic E-state index is 0.154. The van der Waals surface area contributed by atoms with Gasteiger partial charge in [0.15, 0.2) is 5.43 Å². The molecule has 1 saturated heterocycles. The summed E-state index contributed by atoms with van der Waals surface area (Å²) in [5, 5.41) is 0. The number of nitrogens with one attached hydrogen (secondary N) is 1. The molecule has 0 radical (unpaired) electrons. The maximum atomic E-state index is 12.3. The van der Waals surface area contributed by atoms with Crippen LogP contribution < -0.4 is 11.2 Å². The Balaban J connectivity index is 2.27.